The Morgan fingerprint density at radius 1 is 0.514 bits per heavy atom. The van der Waals surface area contributed by atoms with Crippen molar-refractivity contribution in [1.82, 2.24) is 0 Å². The number of phosphoric acid groups is 1. The van der Waals surface area contributed by atoms with Gasteiger partial charge in [0.15, 0.2) is 23.0 Å². The molecular formula is C24H27O10P. The van der Waals surface area contributed by atoms with E-state index in [0.29, 0.717) is 56.8 Å². The van der Waals surface area contributed by atoms with E-state index < -0.39 is 7.82 Å². The zero-order valence-corrected chi connectivity index (χ0v) is 21.0. The molecule has 2 N–H and O–H groups in total. The van der Waals surface area contributed by atoms with Gasteiger partial charge in [0, 0.05) is 0 Å². The van der Waals surface area contributed by atoms with Gasteiger partial charge in [-0.25, -0.2) is 4.57 Å². The lowest BCUT2D eigenvalue weighted by Crippen LogP contribution is -1.97. The first kappa shape index (κ1) is 26.0. The Morgan fingerprint density at radius 2 is 0.829 bits per heavy atom. The molecule has 3 rings (SSSR count). The third-order valence-corrected chi connectivity index (χ3v) is 5.58. The van der Waals surface area contributed by atoms with Crippen LogP contribution in [0.25, 0.3) is 22.3 Å². The molecule has 0 fully saturated rings. The van der Waals surface area contributed by atoms with Crippen LogP contribution >= 0.6 is 7.82 Å². The Labute approximate surface area is 203 Å². The summed E-state index contributed by atoms with van der Waals surface area (Å²) in [6.07, 6.45) is 0. The van der Waals surface area contributed by atoms with Gasteiger partial charge in [-0.2, -0.15) is 0 Å². The standard InChI is InChI=1S/C24H27O10P/c1-28-19-10-16(11-20(29-2)23(19)32-5)14-7-15(9-18(8-14)34-35(25,26)27)17-12-21(30-3)24(33-6)22(13-17)31-4/h7-13H,1-6H3,(H2,25,26,27). The number of methoxy groups -OCH3 is 6. The second-order valence-corrected chi connectivity index (χ2v) is 8.32. The van der Waals surface area contributed by atoms with E-state index in [1.54, 1.807) is 24.3 Å². The summed E-state index contributed by atoms with van der Waals surface area (Å²) in [6.45, 7) is 0. The summed E-state index contributed by atoms with van der Waals surface area (Å²) in [5, 5.41) is 0. The maximum atomic E-state index is 11.6. The third-order valence-electron chi connectivity index (χ3n) is 5.13. The van der Waals surface area contributed by atoms with Crippen molar-refractivity contribution in [3.8, 4) is 62.5 Å². The zero-order valence-electron chi connectivity index (χ0n) is 20.1. The van der Waals surface area contributed by atoms with Crippen molar-refractivity contribution in [3.63, 3.8) is 0 Å². The van der Waals surface area contributed by atoms with E-state index >= 15 is 0 Å². The molecule has 0 atom stereocenters. The second-order valence-electron chi connectivity index (χ2n) is 7.16. The molecule has 11 heteroatoms. The van der Waals surface area contributed by atoms with Crippen LogP contribution in [0.4, 0.5) is 0 Å². The molecule has 0 aliphatic carbocycles. The zero-order chi connectivity index (χ0) is 25.8. The summed E-state index contributed by atoms with van der Waals surface area (Å²) >= 11 is 0. The van der Waals surface area contributed by atoms with Crippen molar-refractivity contribution >= 4 is 7.82 Å². The normalized spacial score (nSPS) is 11.0. The molecule has 0 unspecified atom stereocenters. The van der Waals surface area contributed by atoms with Gasteiger partial charge >= 0.3 is 7.82 Å². The molecule has 0 amide bonds. The average Bonchev–Trinajstić information content (AvgIpc) is 2.85. The molecule has 3 aromatic carbocycles. The molecule has 0 aliphatic heterocycles. The van der Waals surface area contributed by atoms with Crippen LogP contribution in [0, 0.1) is 0 Å². The van der Waals surface area contributed by atoms with E-state index in [2.05, 4.69) is 0 Å². The van der Waals surface area contributed by atoms with Crippen molar-refractivity contribution in [2.24, 2.45) is 0 Å². The van der Waals surface area contributed by atoms with E-state index in [9.17, 15) is 14.4 Å². The molecule has 0 heterocycles. The van der Waals surface area contributed by atoms with E-state index in [1.165, 1.54) is 54.8 Å². The van der Waals surface area contributed by atoms with Crippen LogP contribution < -0.4 is 32.9 Å². The molecule has 0 radical (unpaired) electrons. The summed E-state index contributed by atoms with van der Waals surface area (Å²) in [5.41, 5.74) is 2.40. The van der Waals surface area contributed by atoms with Crippen molar-refractivity contribution in [3.05, 3.63) is 42.5 Å². The summed E-state index contributed by atoms with van der Waals surface area (Å²) in [4.78, 5) is 18.9. The third kappa shape index (κ3) is 5.74. The van der Waals surface area contributed by atoms with Crippen LogP contribution in [0.2, 0.25) is 0 Å². The molecule has 0 spiro atoms. The minimum absolute atomic E-state index is 0.0478. The van der Waals surface area contributed by atoms with Crippen LogP contribution in [0.5, 0.6) is 40.2 Å². The maximum Gasteiger partial charge on any atom is 0.524 e. The number of rotatable bonds is 10. The van der Waals surface area contributed by atoms with Gasteiger partial charge in [0.2, 0.25) is 11.5 Å². The molecule has 0 bridgehead atoms. The minimum Gasteiger partial charge on any atom is -0.493 e. The van der Waals surface area contributed by atoms with Gasteiger partial charge in [0.25, 0.3) is 0 Å². The van der Waals surface area contributed by atoms with Gasteiger partial charge in [-0.1, -0.05) is 0 Å². The van der Waals surface area contributed by atoms with Gasteiger partial charge in [-0.3, -0.25) is 9.79 Å². The first-order valence-electron chi connectivity index (χ1n) is 10.2. The second kappa shape index (κ2) is 10.8. The summed E-state index contributed by atoms with van der Waals surface area (Å²) in [5.74, 6) is 2.43. The maximum absolute atomic E-state index is 11.6. The predicted molar refractivity (Wildman–Crippen MR) is 129 cm³/mol. The van der Waals surface area contributed by atoms with Crippen molar-refractivity contribution < 1.29 is 47.3 Å². The topological polar surface area (TPSA) is 122 Å². The van der Waals surface area contributed by atoms with Gasteiger partial charge in [-0.15, -0.1) is 0 Å². The van der Waals surface area contributed by atoms with Gasteiger partial charge in [-0.05, 0) is 64.7 Å². The first-order valence-corrected chi connectivity index (χ1v) is 11.7. The van der Waals surface area contributed by atoms with E-state index in [-0.39, 0.29) is 5.75 Å². The average molecular weight is 506 g/mol. The monoisotopic (exact) mass is 506 g/mol. The fourth-order valence-electron chi connectivity index (χ4n) is 3.62. The number of hydrogen-bond donors (Lipinski definition) is 2. The Kier molecular flexibility index (Phi) is 8.01. The van der Waals surface area contributed by atoms with Crippen LogP contribution in [-0.4, -0.2) is 52.4 Å². The van der Waals surface area contributed by atoms with Crippen LogP contribution in [0.1, 0.15) is 0 Å². The van der Waals surface area contributed by atoms with Crippen molar-refractivity contribution in [2.75, 3.05) is 42.7 Å². The lowest BCUT2D eigenvalue weighted by Gasteiger charge is -2.17. The molecule has 35 heavy (non-hydrogen) atoms. The Morgan fingerprint density at radius 3 is 1.09 bits per heavy atom. The summed E-state index contributed by atoms with van der Waals surface area (Å²) < 4.78 is 49.1. The molecule has 3 aromatic rings. The minimum atomic E-state index is -4.84. The molecule has 0 saturated heterocycles. The number of benzene rings is 3. The van der Waals surface area contributed by atoms with E-state index in [4.69, 9.17) is 32.9 Å². The molecule has 0 aromatic heterocycles. The fourth-order valence-corrected chi connectivity index (χ4v) is 4.00. The van der Waals surface area contributed by atoms with Crippen molar-refractivity contribution in [2.45, 2.75) is 0 Å². The van der Waals surface area contributed by atoms with Crippen LogP contribution in [0.15, 0.2) is 42.5 Å². The number of ether oxygens (including phenoxy) is 6. The lowest BCUT2D eigenvalue weighted by atomic mass is 9.97. The Bertz CT molecular complexity index is 1120. The highest BCUT2D eigenvalue weighted by Crippen LogP contribution is 2.46. The Balaban J connectivity index is 2.28. The van der Waals surface area contributed by atoms with Gasteiger partial charge in [0.05, 0.1) is 42.7 Å². The SMILES string of the molecule is COc1cc(-c2cc(OP(=O)(O)O)cc(-c3cc(OC)c(OC)c(OC)c3)c2)cc(OC)c1OC. The van der Waals surface area contributed by atoms with Gasteiger partial charge < -0.3 is 32.9 Å². The molecule has 10 nitrogen and oxygen atoms in total. The quantitative estimate of drug-likeness (QED) is 0.379. The van der Waals surface area contributed by atoms with Crippen LogP contribution in [0.3, 0.4) is 0 Å². The fraction of sp³-hybridized carbons (Fsp3) is 0.250. The van der Waals surface area contributed by atoms with Crippen molar-refractivity contribution in [1.29, 1.82) is 0 Å². The summed E-state index contributed by atoms with van der Waals surface area (Å²) in [6, 6.07) is 11.7. The highest BCUT2D eigenvalue weighted by molar-refractivity contribution is 7.46. The number of hydrogen-bond acceptors (Lipinski definition) is 8. The Hall–Kier alpha value is -3.59. The number of phosphoric ester groups is 1. The first-order chi connectivity index (χ1) is 16.7. The highest BCUT2D eigenvalue weighted by Gasteiger charge is 2.21. The molecule has 0 saturated carbocycles. The molecular weight excluding hydrogens is 479 g/mol. The summed E-state index contributed by atoms with van der Waals surface area (Å²) in [7, 11) is 4.14. The smallest absolute Gasteiger partial charge is 0.493 e. The van der Waals surface area contributed by atoms with Gasteiger partial charge in [0.1, 0.15) is 5.75 Å². The molecule has 188 valence electrons. The van der Waals surface area contributed by atoms with Crippen LogP contribution in [-0.2, 0) is 4.57 Å². The van der Waals surface area contributed by atoms with E-state index in [0.717, 1.165) is 0 Å². The predicted octanol–water partition coefficient (Wildman–Crippen LogP) is 4.54. The van der Waals surface area contributed by atoms with E-state index in [1.807, 2.05) is 6.07 Å². The largest absolute Gasteiger partial charge is 0.524 e. The highest BCUT2D eigenvalue weighted by atomic mass is 31.2. The lowest BCUT2D eigenvalue weighted by molar-refractivity contribution is 0.283. The molecule has 0 aliphatic rings.